The van der Waals surface area contributed by atoms with Crippen LogP contribution >= 0.6 is 0 Å². The average molecular weight is 353 g/mol. The van der Waals surface area contributed by atoms with Gasteiger partial charge in [-0.25, -0.2) is 4.98 Å². The molecule has 9 nitrogen and oxygen atoms in total. The van der Waals surface area contributed by atoms with Crippen LogP contribution in [-0.2, 0) is 22.7 Å². The molecule has 3 rings (SSSR count). The van der Waals surface area contributed by atoms with E-state index < -0.39 is 11.8 Å². The fraction of sp³-hybridized carbons (Fsp3) is 0.118. The normalized spacial score (nSPS) is 10.5. The lowest BCUT2D eigenvalue weighted by Gasteiger charge is -2.10. The summed E-state index contributed by atoms with van der Waals surface area (Å²) in [4.78, 5) is 51.7. The molecular formula is C17H15N5O4. The summed E-state index contributed by atoms with van der Waals surface area (Å²) in [5.41, 5.74) is 4.26. The lowest BCUT2D eigenvalue weighted by atomic mass is 10.2. The summed E-state index contributed by atoms with van der Waals surface area (Å²) in [5, 5.41) is 0.398. The van der Waals surface area contributed by atoms with Gasteiger partial charge in [-0.1, -0.05) is 18.2 Å². The standard InChI is InChI=1S/C17H15N5O4/c23-14(9-21-8-4-3-7-16(21)25)19-20-15(24)10-22-11-18-13-6-2-1-5-12(13)17(22)26/h1-8,11H,9-10H2,(H,19,23)(H,20,24). The quantitative estimate of drug-likeness (QED) is 0.608. The van der Waals surface area contributed by atoms with Crippen molar-refractivity contribution >= 4 is 22.7 Å². The first-order valence-electron chi connectivity index (χ1n) is 7.72. The smallest absolute Gasteiger partial charge is 0.261 e. The molecule has 9 heteroatoms. The van der Waals surface area contributed by atoms with Crippen LogP contribution in [0.4, 0.5) is 0 Å². The third-order valence-corrected chi connectivity index (χ3v) is 3.60. The third kappa shape index (κ3) is 3.83. The van der Waals surface area contributed by atoms with Crippen LogP contribution in [0.25, 0.3) is 10.9 Å². The van der Waals surface area contributed by atoms with Crippen LogP contribution in [0.2, 0.25) is 0 Å². The number of nitrogens with one attached hydrogen (secondary N) is 2. The van der Waals surface area contributed by atoms with E-state index in [2.05, 4.69) is 15.8 Å². The van der Waals surface area contributed by atoms with E-state index in [4.69, 9.17) is 0 Å². The highest BCUT2D eigenvalue weighted by Gasteiger charge is 2.09. The zero-order valence-electron chi connectivity index (χ0n) is 13.6. The van der Waals surface area contributed by atoms with Crippen LogP contribution in [0.15, 0.2) is 64.6 Å². The molecule has 0 bridgehead atoms. The van der Waals surface area contributed by atoms with E-state index in [-0.39, 0.29) is 24.2 Å². The highest BCUT2D eigenvalue weighted by molar-refractivity contribution is 5.82. The van der Waals surface area contributed by atoms with Crippen molar-refractivity contribution in [3.05, 3.63) is 75.7 Å². The minimum absolute atomic E-state index is 0.239. The molecule has 1 aromatic carbocycles. The number of hydrazine groups is 1. The Labute approximate surface area is 146 Å². The first kappa shape index (κ1) is 17.1. The number of hydrogen-bond donors (Lipinski definition) is 2. The number of amides is 2. The Morgan fingerprint density at radius 3 is 2.27 bits per heavy atom. The Kier molecular flexibility index (Phi) is 4.88. The van der Waals surface area contributed by atoms with Crippen LogP contribution in [0.1, 0.15) is 0 Å². The maximum Gasteiger partial charge on any atom is 0.261 e. The summed E-state index contributed by atoms with van der Waals surface area (Å²) in [6.07, 6.45) is 2.74. The minimum atomic E-state index is -0.599. The Balaban J connectivity index is 1.60. The van der Waals surface area contributed by atoms with Crippen LogP contribution in [-0.4, -0.2) is 25.9 Å². The number of para-hydroxylation sites is 1. The average Bonchev–Trinajstić information content (AvgIpc) is 2.64. The molecule has 0 aliphatic rings. The molecule has 0 spiro atoms. The monoisotopic (exact) mass is 353 g/mol. The molecule has 0 aliphatic carbocycles. The van der Waals surface area contributed by atoms with Crippen molar-refractivity contribution in [2.24, 2.45) is 0 Å². The molecule has 132 valence electrons. The SMILES string of the molecule is O=C(Cn1ccccc1=O)NNC(=O)Cn1cnc2ccccc2c1=O. The number of aromatic nitrogens is 3. The van der Waals surface area contributed by atoms with Gasteiger partial charge in [0.2, 0.25) is 0 Å². The molecule has 0 unspecified atom stereocenters. The van der Waals surface area contributed by atoms with E-state index >= 15 is 0 Å². The number of benzene rings is 1. The van der Waals surface area contributed by atoms with Crippen molar-refractivity contribution in [3.63, 3.8) is 0 Å². The summed E-state index contributed by atoms with van der Waals surface area (Å²) >= 11 is 0. The predicted octanol–water partition coefficient (Wildman–Crippen LogP) is -0.594. The zero-order chi connectivity index (χ0) is 18.5. The van der Waals surface area contributed by atoms with Gasteiger partial charge in [0, 0.05) is 12.3 Å². The molecule has 0 aliphatic heterocycles. The van der Waals surface area contributed by atoms with Gasteiger partial charge < -0.3 is 4.57 Å². The fourth-order valence-electron chi connectivity index (χ4n) is 2.34. The van der Waals surface area contributed by atoms with Crippen molar-refractivity contribution in [1.82, 2.24) is 25.0 Å². The molecule has 0 saturated carbocycles. The summed E-state index contributed by atoms with van der Waals surface area (Å²) < 4.78 is 2.34. The second-order valence-corrected chi connectivity index (χ2v) is 5.46. The van der Waals surface area contributed by atoms with Gasteiger partial charge >= 0.3 is 0 Å². The van der Waals surface area contributed by atoms with Crippen molar-refractivity contribution in [2.45, 2.75) is 13.1 Å². The van der Waals surface area contributed by atoms with Crippen molar-refractivity contribution < 1.29 is 9.59 Å². The van der Waals surface area contributed by atoms with Crippen molar-refractivity contribution in [2.75, 3.05) is 0 Å². The lowest BCUT2D eigenvalue weighted by molar-refractivity contribution is -0.129. The second kappa shape index (κ2) is 7.43. The molecular weight excluding hydrogens is 338 g/mol. The van der Waals surface area contributed by atoms with E-state index in [0.717, 1.165) is 4.57 Å². The fourth-order valence-corrected chi connectivity index (χ4v) is 2.34. The summed E-state index contributed by atoms with van der Waals surface area (Å²) in [6, 6.07) is 11.3. The maximum atomic E-state index is 12.3. The Bertz CT molecular complexity index is 1090. The molecule has 0 atom stereocenters. The van der Waals surface area contributed by atoms with Crippen LogP contribution in [0, 0.1) is 0 Å². The van der Waals surface area contributed by atoms with Gasteiger partial charge in [-0.3, -0.25) is 34.6 Å². The highest BCUT2D eigenvalue weighted by Crippen LogP contribution is 2.04. The van der Waals surface area contributed by atoms with Gasteiger partial charge in [-0.05, 0) is 18.2 Å². The first-order valence-corrected chi connectivity index (χ1v) is 7.72. The molecule has 0 radical (unpaired) electrons. The molecule has 0 fully saturated rings. The molecule has 0 saturated heterocycles. The van der Waals surface area contributed by atoms with E-state index in [1.807, 2.05) is 0 Å². The van der Waals surface area contributed by atoms with Gasteiger partial charge in [0.15, 0.2) is 0 Å². The highest BCUT2D eigenvalue weighted by atomic mass is 16.2. The molecule has 2 amide bonds. The van der Waals surface area contributed by atoms with Crippen LogP contribution < -0.4 is 22.0 Å². The second-order valence-electron chi connectivity index (χ2n) is 5.46. The Hall–Kier alpha value is -3.75. The minimum Gasteiger partial charge on any atom is -0.306 e. The molecule has 2 heterocycles. The molecule has 26 heavy (non-hydrogen) atoms. The Morgan fingerprint density at radius 1 is 0.885 bits per heavy atom. The number of nitrogens with zero attached hydrogens (tertiary/aromatic N) is 3. The van der Waals surface area contributed by atoms with Crippen LogP contribution in [0.5, 0.6) is 0 Å². The van der Waals surface area contributed by atoms with Gasteiger partial charge in [-0.2, -0.15) is 0 Å². The number of rotatable bonds is 4. The van der Waals surface area contributed by atoms with Crippen molar-refractivity contribution in [1.29, 1.82) is 0 Å². The molecule has 2 N–H and O–H groups in total. The summed E-state index contributed by atoms with van der Waals surface area (Å²) in [7, 11) is 0. The maximum absolute atomic E-state index is 12.3. The first-order chi connectivity index (χ1) is 12.5. The lowest BCUT2D eigenvalue weighted by Crippen LogP contribution is -2.46. The number of carbonyl (C=O) groups excluding carboxylic acids is 2. The number of carbonyl (C=O) groups is 2. The number of pyridine rings is 1. The number of fused-ring (bicyclic) bond motifs is 1. The Morgan fingerprint density at radius 2 is 1.54 bits per heavy atom. The van der Waals surface area contributed by atoms with Gasteiger partial charge in [-0.15, -0.1) is 0 Å². The van der Waals surface area contributed by atoms with E-state index in [9.17, 15) is 19.2 Å². The third-order valence-electron chi connectivity index (χ3n) is 3.60. The van der Waals surface area contributed by atoms with E-state index in [1.54, 1.807) is 36.4 Å². The number of hydrogen-bond acceptors (Lipinski definition) is 5. The van der Waals surface area contributed by atoms with Gasteiger partial charge in [0.1, 0.15) is 13.1 Å². The molecule has 3 aromatic rings. The van der Waals surface area contributed by atoms with E-state index in [1.165, 1.54) is 23.2 Å². The van der Waals surface area contributed by atoms with Crippen molar-refractivity contribution in [3.8, 4) is 0 Å². The molecule has 2 aromatic heterocycles. The summed E-state index contributed by atoms with van der Waals surface area (Å²) in [5.74, 6) is -1.17. The topological polar surface area (TPSA) is 115 Å². The van der Waals surface area contributed by atoms with Gasteiger partial charge in [0.05, 0.1) is 17.2 Å². The van der Waals surface area contributed by atoms with Gasteiger partial charge in [0.25, 0.3) is 22.9 Å². The van der Waals surface area contributed by atoms with E-state index in [0.29, 0.717) is 10.9 Å². The summed E-state index contributed by atoms with van der Waals surface area (Å²) in [6.45, 7) is -0.542. The van der Waals surface area contributed by atoms with Crippen LogP contribution in [0.3, 0.4) is 0 Å². The predicted molar refractivity (Wildman–Crippen MR) is 93.0 cm³/mol. The largest absolute Gasteiger partial charge is 0.306 e. The zero-order valence-corrected chi connectivity index (χ0v) is 13.6.